The zero-order valence-electron chi connectivity index (χ0n) is 12.4. The molecule has 5 heteroatoms. The number of benzene rings is 1. The molecule has 2 aromatic heterocycles. The van der Waals surface area contributed by atoms with Gasteiger partial charge in [0.1, 0.15) is 0 Å². The van der Waals surface area contributed by atoms with E-state index in [2.05, 4.69) is 42.3 Å². The summed E-state index contributed by atoms with van der Waals surface area (Å²) < 4.78 is 0. The number of thiophene rings is 1. The van der Waals surface area contributed by atoms with Crippen LogP contribution in [0.5, 0.6) is 0 Å². The van der Waals surface area contributed by atoms with Crippen molar-refractivity contribution in [2.45, 2.75) is 20.3 Å². The molecule has 3 nitrogen and oxygen atoms in total. The Bertz CT molecular complexity index is 791. The molecule has 0 aliphatic carbocycles. The number of amides is 1. The van der Waals surface area contributed by atoms with Crippen LogP contribution in [0.2, 0.25) is 0 Å². The molecular formula is C17H16N2OS2. The Morgan fingerprint density at radius 2 is 2.09 bits per heavy atom. The van der Waals surface area contributed by atoms with Crippen LogP contribution in [0.15, 0.2) is 41.1 Å². The Morgan fingerprint density at radius 3 is 2.82 bits per heavy atom. The SMILES string of the molecule is Cc1ccc(-c2csc(NC(=O)Cc3cccs3)n2)c(C)c1. The maximum absolute atomic E-state index is 12.0. The molecule has 112 valence electrons. The molecule has 3 rings (SSSR count). The van der Waals surface area contributed by atoms with Gasteiger partial charge >= 0.3 is 0 Å². The van der Waals surface area contributed by atoms with Crippen molar-refractivity contribution in [2.75, 3.05) is 5.32 Å². The van der Waals surface area contributed by atoms with E-state index in [1.807, 2.05) is 22.9 Å². The van der Waals surface area contributed by atoms with Gasteiger partial charge in [-0.25, -0.2) is 4.98 Å². The number of aryl methyl sites for hydroxylation is 2. The Hall–Kier alpha value is -1.98. The number of nitrogens with one attached hydrogen (secondary N) is 1. The number of hydrogen-bond donors (Lipinski definition) is 1. The standard InChI is InChI=1S/C17H16N2OS2/c1-11-5-6-14(12(2)8-11)15-10-22-17(18-15)19-16(20)9-13-4-3-7-21-13/h3-8,10H,9H2,1-2H3,(H,18,19,20). The molecule has 2 heterocycles. The minimum absolute atomic E-state index is 0.0241. The van der Waals surface area contributed by atoms with Gasteiger partial charge in [-0.05, 0) is 30.9 Å². The van der Waals surface area contributed by atoms with Crippen molar-refractivity contribution in [3.05, 3.63) is 57.1 Å². The Balaban J connectivity index is 1.72. The topological polar surface area (TPSA) is 42.0 Å². The fourth-order valence-corrected chi connectivity index (χ4v) is 3.72. The Labute approximate surface area is 137 Å². The summed E-state index contributed by atoms with van der Waals surface area (Å²) >= 11 is 3.05. The van der Waals surface area contributed by atoms with Crippen molar-refractivity contribution in [1.82, 2.24) is 4.98 Å². The lowest BCUT2D eigenvalue weighted by Gasteiger charge is -2.03. The molecule has 1 amide bonds. The zero-order valence-corrected chi connectivity index (χ0v) is 14.1. The van der Waals surface area contributed by atoms with Crippen molar-refractivity contribution < 1.29 is 4.79 Å². The zero-order chi connectivity index (χ0) is 15.5. The van der Waals surface area contributed by atoms with E-state index in [0.29, 0.717) is 11.6 Å². The molecule has 0 atom stereocenters. The number of rotatable bonds is 4. The summed E-state index contributed by atoms with van der Waals surface area (Å²) in [5, 5.41) is 7.49. The van der Waals surface area contributed by atoms with Gasteiger partial charge in [0.05, 0.1) is 12.1 Å². The van der Waals surface area contributed by atoms with Crippen LogP contribution in [-0.4, -0.2) is 10.9 Å². The van der Waals surface area contributed by atoms with Crippen LogP contribution in [0.1, 0.15) is 16.0 Å². The second-order valence-corrected chi connectivity index (χ2v) is 7.05. The lowest BCUT2D eigenvalue weighted by atomic mass is 10.0. The number of anilines is 1. The first-order chi connectivity index (χ1) is 10.6. The van der Waals surface area contributed by atoms with Gasteiger partial charge < -0.3 is 5.32 Å². The van der Waals surface area contributed by atoms with E-state index in [1.165, 1.54) is 22.5 Å². The average Bonchev–Trinajstić information content (AvgIpc) is 3.10. The normalized spacial score (nSPS) is 10.6. The molecular weight excluding hydrogens is 312 g/mol. The van der Waals surface area contributed by atoms with Gasteiger partial charge in [-0.15, -0.1) is 22.7 Å². The second-order valence-electron chi connectivity index (χ2n) is 5.16. The molecule has 1 N–H and O–H groups in total. The molecule has 0 aliphatic heterocycles. The van der Waals surface area contributed by atoms with Gasteiger partial charge in [0.2, 0.25) is 5.91 Å². The third-order valence-electron chi connectivity index (χ3n) is 3.32. The summed E-state index contributed by atoms with van der Waals surface area (Å²) in [5.74, 6) is -0.0241. The fraction of sp³-hybridized carbons (Fsp3) is 0.176. The highest BCUT2D eigenvalue weighted by atomic mass is 32.1. The predicted octanol–water partition coefficient (Wildman–Crippen LogP) is 4.67. The van der Waals surface area contributed by atoms with E-state index in [9.17, 15) is 4.79 Å². The number of aromatic nitrogens is 1. The minimum atomic E-state index is -0.0241. The van der Waals surface area contributed by atoms with Crippen LogP contribution in [0.3, 0.4) is 0 Å². The quantitative estimate of drug-likeness (QED) is 0.756. The van der Waals surface area contributed by atoms with Crippen molar-refractivity contribution in [2.24, 2.45) is 0 Å². The monoisotopic (exact) mass is 328 g/mol. The van der Waals surface area contributed by atoms with Crippen LogP contribution < -0.4 is 5.32 Å². The number of carbonyl (C=O) groups excluding carboxylic acids is 1. The van der Waals surface area contributed by atoms with Crippen LogP contribution in [0, 0.1) is 13.8 Å². The van der Waals surface area contributed by atoms with E-state index in [-0.39, 0.29) is 5.91 Å². The van der Waals surface area contributed by atoms with Crippen LogP contribution in [0.25, 0.3) is 11.3 Å². The van der Waals surface area contributed by atoms with E-state index < -0.39 is 0 Å². The molecule has 0 radical (unpaired) electrons. The van der Waals surface area contributed by atoms with Crippen molar-refractivity contribution in [3.63, 3.8) is 0 Å². The van der Waals surface area contributed by atoms with Gasteiger partial charge in [-0.2, -0.15) is 0 Å². The summed E-state index contributed by atoms with van der Waals surface area (Å²) in [6.07, 6.45) is 0.399. The molecule has 0 unspecified atom stereocenters. The van der Waals surface area contributed by atoms with Gasteiger partial charge in [0.25, 0.3) is 0 Å². The number of nitrogens with zero attached hydrogens (tertiary/aromatic N) is 1. The Morgan fingerprint density at radius 1 is 1.23 bits per heavy atom. The summed E-state index contributed by atoms with van der Waals surface area (Å²) in [4.78, 5) is 17.6. The molecule has 3 aromatic rings. The van der Waals surface area contributed by atoms with Crippen molar-refractivity contribution >= 4 is 33.7 Å². The molecule has 0 saturated carbocycles. The average molecular weight is 328 g/mol. The van der Waals surface area contributed by atoms with E-state index >= 15 is 0 Å². The highest BCUT2D eigenvalue weighted by Crippen LogP contribution is 2.28. The number of hydrogen-bond acceptors (Lipinski definition) is 4. The predicted molar refractivity (Wildman–Crippen MR) is 93.7 cm³/mol. The molecule has 0 bridgehead atoms. The first kappa shape index (κ1) is 14.9. The summed E-state index contributed by atoms with van der Waals surface area (Å²) in [6, 6.07) is 10.2. The van der Waals surface area contributed by atoms with Crippen LogP contribution in [0.4, 0.5) is 5.13 Å². The highest BCUT2D eigenvalue weighted by Gasteiger charge is 2.10. The third kappa shape index (κ3) is 3.43. The van der Waals surface area contributed by atoms with Crippen LogP contribution in [-0.2, 0) is 11.2 Å². The molecule has 0 aliphatic rings. The lowest BCUT2D eigenvalue weighted by Crippen LogP contribution is -2.13. The number of carbonyl (C=O) groups is 1. The summed E-state index contributed by atoms with van der Waals surface area (Å²) in [7, 11) is 0. The first-order valence-corrected chi connectivity index (χ1v) is 8.73. The van der Waals surface area contributed by atoms with E-state index in [1.54, 1.807) is 11.3 Å². The van der Waals surface area contributed by atoms with Gasteiger partial charge in [-0.3, -0.25) is 4.79 Å². The van der Waals surface area contributed by atoms with Gasteiger partial charge in [-0.1, -0.05) is 29.8 Å². The van der Waals surface area contributed by atoms with Gasteiger partial charge in [0, 0.05) is 15.8 Å². The summed E-state index contributed by atoms with van der Waals surface area (Å²) in [5.41, 5.74) is 4.46. The highest BCUT2D eigenvalue weighted by molar-refractivity contribution is 7.14. The fourth-order valence-electron chi connectivity index (χ4n) is 2.29. The van der Waals surface area contributed by atoms with E-state index in [0.717, 1.165) is 16.1 Å². The minimum Gasteiger partial charge on any atom is -0.302 e. The summed E-state index contributed by atoms with van der Waals surface area (Å²) in [6.45, 7) is 4.16. The maximum Gasteiger partial charge on any atom is 0.231 e. The molecule has 0 saturated heterocycles. The third-order valence-corrected chi connectivity index (χ3v) is 4.96. The lowest BCUT2D eigenvalue weighted by molar-refractivity contribution is -0.115. The number of thiazole rings is 1. The van der Waals surface area contributed by atoms with Gasteiger partial charge in [0.15, 0.2) is 5.13 Å². The second kappa shape index (κ2) is 6.42. The molecule has 1 aromatic carbocycles. The van der Waals surface area contributed by atoms with E-state index in [4.69, 9.17) is 0 Å². The smallest absolute Gasteiger partial charge is 0.231 e. The maximum atomic E-state index is 12.0. The van der Waals surface area contributed by atoms with Crippen LogP contribution >= 0.6 is 22.7 Å². The Kier molecular flexibility index (Phi) is 4.36. The molecule has 0 fully saturated rings. The van der Waals surface area contributed by atoms with Crippen molar-refractivity contribution in [1.29, 1.82) is 0 Å². The first-order valence-electron chi connectivity index (χ1n) is 6.97. The van der Waals surface area contributed by atoms with Crippen molar-refractivity contribution in [3.8, 4) is 11.3 Å². The molecule has 0 spiro atoms. The molecule has 22 heavy (non-hydrogen) atoms. The largest absolute Gasteiger partial charge is 0.302 e.